The van der Waals surface area contributed by atoms with Gasteiger partial charge in [-0.05, 0) is 81.5 Å². The van der Waals surface area contributed by atoms with Gasteiger partial charge in [-0.15, -0.1) is 11.6 Å². The van der Waals surface area contributed by atoms with Crippen LogP contribution in [0.15, 0.2) is 82.1 Å². The lowest BCUT2D eigenvalue weighted by atomic mass is 9.88. The largest absolute Gasteiger partial charge is 0.489 e. The average Bonchev–Trinajstić information content (AvgIpc) is 2.88. The minimum Gasteiger partial charge on any atom is -0.489 e. The summed E-state index contributed by atoms with van der Waals surface area (Å²) in [5, 5.41) is 12.9. The van der Waals surface area contributed by atoms with Crippen molar-refractivity contribution < 1.29 is 19.4 Å². The number of carbonyl (C=O) groups is 1. The summed E-state index contributed by atoms with van der Waals surface area (Å²) in [4.78, 5) is 14.6. The highest BCUT2D eigenvalue weighted by Gasteiger charge is 2.31. The molecule has 0 saturated carbocycles. The number of hydrogen-bond donors (Lipinski definition) is 2. The van der Waals surface area contributed by atoms with Crippen molar-refractivity contribution in [3.63, 3.8) is 0 Å². The van der Waals surface area contributed by atoms with Crippen LogP contribution in [-0.4, -0.2) is 34.3 Å². The number of amides is 1. The summed E-state index contributed by atoms with van der Waals surface area (Å²) in [7, 11) is 0. The molecule has 0 fully saturated rings. The second-order valence-electron chi connectivity index (χ2n) is 10.7. The molecule has 2 aromatic rings. The summed E-state index contributed by atoms with van der Waals surface area (Å²) in [6.45, 7) is 7.84. The maximum absolute atomic E-state index is 12.3. The van der Waals surface area contributed by atoms with E-state index < -0.39 is 17.2 Å². The van der Waals surface area contributed by atoms with Crippen LogP contribution in [0, 0.1) is 0 Å². The number of thioether (sulfide) groups is 1. The Bertz CT molecular complexity index is 1110. The van der Waals surface area contributed by atoms with Crippen molar-refractivity contribution in [2.45, 2.75) is 87.8 Å². The molecule has 0 saturated heterocycles. The van der Waals surface area contributed by atoms with E-state index >= 15 is 0 Å². The van der Waals surface area contributed by atoms with E-state index in [0.717, 1.165) is 35.5 Å². The Kier molecular flexibility index (Phi) is 11.2. The van der Waals surface area contributed by atoms with Crippen LogP contribution in [0.5, 0.6) is 5.75 Å². The Morgan fingerprint density at radius 1 is 1.13 bits per heavy atom. The molecule has 2 atom stereocenters. The number of allylic oxidation sites excluding steroid dienone is 4. The molecule has 38 heavy (non-hydrogen) atoms. The predicted octanol–water partition coefficient (Wildman–Crippen LogP) is 8.02. The molecular weight excluding hydrogens is 518 g/mol. The Morgan fingerprint density at radius 3 is 2.55 bits per heavy atom. The number of halogens is 1. The van der Waals surface area contributed by atoms with Gasteiger partial charge >= 0.3 is 6.09 Å². The molecule has 2 unspecified atom stereocenters. The summed E-state index contributed by atoms with van der Waals surface area (Å²) < 4.78 is 11.4. The Labute approximate surface area is 236 Å². The van der Waals surface area contributed by atoms with Crippen LogP contribution >= 0.6 is 23.4 Å². The number of rotatable bonds is 12. The van der Waals surface area contributed by atoms with E-state index in [0.29, 0.717) is 19.4 Å². The number of benzene rings is 2. The quantitative estimate of drug-likeness (QED) is 0.259. The van der Waals surface area contributed by atoms with Gasteiger partial charge in [0.1, 0.15) is 18.0 Å². The standard InChI is InChI=1S/C31H40ClNO4S/c1-5-31(22-34,33-29(35)37-30(2,3)4)18-10-13-24-16-17-27(20-28(24)32)38-26-15-9-14-25(19-26)36-21-23-11-7-6-8-12-23/h6-9,11-12,14-17,19,28,34H,5,10,13,18,20-22H2,1-4H3,(H,33,35). The molecule has 0 aliphatic heterocycles. The van der Waals surface area contributed by atoms with Crippen molar-refractivity contribution in [1.82, 2.24) is 5.32 Å². The van der Waals surface area contributed by atoms with E-state index in [4.69, 9.17) is 21.1 Å². The molecule has 0 bridgehead atoms. The first-order valence-electron chi connectivity index (χ1n) is 13.2. The molecule has 2 N–H and O–H groups in total. The molecule has 1 aliphatic rings. The zero-order valence-electron chi connectivity index (χ0n) is 22.8. The zero-order chi connectivity index (χ0) is 27.6. The van der Waals surface area contributed by atoms with E-state index in [9.17, 15) is 9.90 Å². The molecule has 5 nitrogen and oxygen atoms in total. The summed E-state index contributed by atoms with van der Waals surface area (Å²) in [6.07, 6.45) is 7.39. The Hall–Kier alpha value is -2.41. The molecule has 0 heterocycles. The molecule has 0 radical (unpaired) electrons. The second-order valence-corrected chi connectivity index (χ2v) is 12.4. The highest BCUT2D eigenvalue weighted by Crippen LogP contribution is 2.38. The van der Waals surface area contributed by atoms with Gasteiger partial charge in [-0.25, -0.2) is 4.79 Å². The van der Waals surface area contributed by atoms with Gasteiger partial charge in [0.05, 0.1) is 17.5 Å². The summed E-state index contributed by atoms with van der Waals surface area (Å²) in [5.41, 5.74) is 1.02. The van der Waals surface area contributed by atoms with E-state index in [1.165, 1.54) is 10.5 Å². The lowest BCUT2D eigenvalue weighted by molar-refractivity contribution is 0.0377. The number of carbonyl (C=O) groups excluding carboxylic acids is 1. The van der Waals surface area contributed by atoms with E-state index in [1.807, 2.05) is 58.0 Å². The van der Waals surface area contributed by atoms with Crippen molar-refractivity contribution in [3.8, 4) is 5.75 Å². The summed E-state index contributed by atoms with van der Waals surface area (Å²) in [6, 6.07) is 18.3. The normalized spacial score (nSPS) is 17.2. The first-order chi connectivity index (χ1) is 18.1. The fourth-order valence-electron chi connectivity index (χ4n) is 4.22. The molecule has 7 heteroatoms. The maximum Gasteiger partial charge on any atom is 0.408 e. The van der Waals surface area contributed by atoms with E-state index in [2.05, 4.69) is 41.7 Å². The van der Waals surface area contributed by atoms with Gasteiger partial charge in [-0.1, -0.05) is 72.8 Å². The highest BCUT2D eigenvalue weighted by molar-refractivity contribution is 8.03. The molecule has 3 rings (SSSR count). The molecule has 1 aliphatic carbocycles. The Balaban J connectivity index is 1.53. The van der Waals surface area contributed by atoms with Crippen LogP contribution in [0.1, 0.15) is 65.4 Å². The average molecular weight is 558 g/mol. The lowest BCUT2D eigenvalue weighted by Gasteiger charge is -2.33. The number of aliphatic hydroxyl groups excluding tert-OH is 1. The smallest absolute Gasteiger partial charge is 0.408 e. The number of nitrogens with one attached hydrogen (secondary N) is 1. The first kappa shape index (κ1) is 30.1. The molecule has 0 spiro atoms. The van der Waals surface area contributed by atoms with Gasteiger partial charge in [0, 0.05) is 4.90 Å². The fraction of sp³-hybridized carbons (Fsp3) is 0.452. The topological polar surface area (TPSA) is 67.8 Å². The minimum atomic E-state index is -0.705. The number of hydrogen-bond acceptors (Lipinski definition) is 5. The van der Waals surface area contributed by atoms with Crippen LogP contribution < -0.4 is 10.1 Å². The number of alkyl carbamates (subject to hydrolysis) is 1. The molecule has 0 aromatic heterocycles. The van der Waals surface area contributed by atoms with Gasteiger partial charge in [-0.3, -0.25) is 0 Å². The molecule has 2 aromatic carbocycles. The van der Waals surface area contributed by atoms with Gasteiger partial charge in [0.15, 0.2) is 0 Å². The van der Waals surface area contributed by atoms with Gasteiger partial charge in [0.25, 0.3) is 0 Å². The van der Waals surface area contributed by atoms with Crippen LogP contribution in [0.4, 0.5) is 4.79 Å². The van der Waals surface area contributed by atoms with Crippen molar-refractivity contribution in [2.24, 2.45) is 0 Å². The van der Waals surface area contributed by atoms with Gasteiger partial charge in [-0.2, -0.15) is 0 Å². The third kappa shape index (κ3) is 9.72. The minimum absolute atomic E-state index is 0.0796. The molecule has 1 amide bonds. The van der Waals surface area contributed by atoms with Crippen LogP contribution in [0.3, 0.4) is 0 Å². The van der Waals surface area contributed by atoms with Crippen LogP contribution in [-0.2, 0) is 11.3 Å². The summed E-state index contributed by atoms with van der Waals surface area (Å²) >= 11 is 8.49. The van der Waals surface area contributed by atoms with E-state index in [-0.39, 0.29) is 12.0 Å². The molecule has 206 valence electrons. The third-order valence-electron chi connectivity index (χ3n) is 6.44. The van der Waals surface area contributed by atoms with Crippen molar-refractivity contribution >= 4 is 29.5 Å². The van der Waals surface area contributed by atoms with Crippen LogP contribution in [0.25, 0.3) is 0 Å². The van der Waals surface area contributed by atoms with Crippen molar-refractivity contribution in [3.05, 3.63) is 82.8 Å². The SMILES string of the molecule is CCC(CO)(CCCC1=CC=C(Sc2cccc(OCc3ccccc3)c2)CC1Cl)NC(=O)OC(C)(C)C. The summed E-state index contributed by atoms with van der Waals surface area (Å²) in [5.74, 6) is 0.845. The number of ether oxygens (including phenoxy) is 2. The Morgan fingerprint density at radius 2 is 1.89 bits per heavy atom. The van der Waals surface area contributed by atoms with E-state index in [1.54, 1.807) is 11.8 Å². The predicted molar refractivity (Wildman–Crippen MR) is 157 cm³/mol. The second kappa shape index (κ2) is 14.1. The number of aliphatic hydroxyl groups is 1. The van der Waals surface area contributed by atoms with Crippen molar-refractivity contribution in [2.75, 3.05) is 6.61 Å². The van der Waals surface area contributed by atoms with Gasteiger partial charge in [0.2, 0.25) is 0 Å². The zero-order valence-corrected chi connectivity index (χ0v) is 24.4. The monoisotopic (exact) mass is 557 g/mol. The first-order valence-corrected chi connectivity index (χ1v) is 14.5. The van der Waals surface area contributed by atoms with Gasteiger partial charge < -0.3 is 19.9 Å². The van der Waals surface area contributed by atoms with Crippen molar-refractivity contribution in [1.29, 1.82) is 0 Å². The maximum atomic E-state index is 12.3. The number of alkyl halides is 1. The fourth-order valence-corrected chi connectivity index (χ4v) is 5.67. The third-order valence-corrected chi connectivity index (χ3v) is 7.92. The molecular formula is C31H40ClNO4S. The van der Waals surface area contributed by atoms with Crippen LogP contribution in [0.2, 0.25) is 0 Å². The highest BCUT2D eigenvalue weighted by atomic mass is 35.5. The lowest BCUT2D eigenvalue weighted by Crippen LogP contribution is -2.52.